The third-order valence-electron chi connectivity index (χ3n) is 3.88. The van der Waals surface area contributed by atoms with Gasteiger partial charge in [0.1, 0.15) is 5.75 Å². The van der Waals surface area contributed by atoms with Gasteiger partial charge < -0.3 is 15.8 Å². The molecule has 0 radical (unpaired) electrons. The van der Waals surface area contributed by atoms with Crippen LogP contribution in [0.1, 0.15) is 51.6 Å². The van der Waals surface area contributed by atoms with E-state index in [0.29, 0.717) is 0 Å². The highest BCUT2D eigenvalue weighted by molar-refractivity contribution is 5.85. The molecule has 0 spiro atoms. The normalized spacial score (nSPS) is 14.4. The summed E-state index contributed by atoms with van der Waals surface area (Å²) in [4.78, 5) is 12.2. The summed E-state index contributed by atoms with van der Waals surface area (Å²) in [5.74, 6) is 0.651. The second kappa shape index (κ2) is 10.5. The van der Waals surface area contributed by atoms with Gasteiger partial charge in [-0.2, -0.15) is 0 Å². The van der Waals surface area contributed by atoms with Crippen LogP contribution in [0.5, 0.6) is 5.75 Å². The summed E-state index contributed by atoms with van der Waals surface area (Å²) in [5, 5.41) is 3.13. The van der Waals surface area contributed by atoms with Crippen molar-refractivity contribution < 1.29 is 9.53 Å². The maximum absolute atomic E-state index is 12.2. The van der Waals surface area contributed by atoms with Crippen molar-refractivity contribution in [2.75, 3.05) is 7.11 Å². The summed E-state index contributed by atoms with van der Waals surface area (Å²) in [6.45, 7) is 5.88. The first-order valence-corrected chi connectivity index (χ1v) is 7.69. The Bertz CT molecular complexity index is 435. The van der Waals surface area contributed by atoms with Crippen molar-refractivity contribution in [2.24, 2.45) is 11.7 Å². The predicted octanol–water partition coefficient (Wildman–Crippen LogP) is 3.45. The highest BCUT2D eigenvalue weighted by Gasteiger charge is 2.21. The zero-order valence-electron chi connectivity index (χ0n) is 14.0. The van der Waals surface area contributed by atoms with Gasteiger partial charge in [0.15, 0.2) is 0 Å². The summed E-state index contributed by atoms with van der Waals surface area (Å²) in [6.07, 6.45) is 3.11. The molecule has 1 aromatic carbocycles. The second-order valence-corrected chi connectivity index (χ2v) is 5.62. The lowest BCUT2D eigenvalue weighted by atomic mass is 9.98. The molecule has 0 aliphatic rings. The maximum atomic E-state index is 12.2. The van der Waals surface area contributed by atoms with E-state index in [-0.39, 0.29) is 36.3 Å². The quantitative estimate of drug-likeness (QED) is 0.768. The van der Waals surface area contributed by atoms with Crippen molar-refractivity contribution >= 4 is 18.3 Å². The van der Waals surface area contributed by atoms with Gasteiger partial charge >= 0.3 is 0 Å². The molecular weight excluding hydrogens is 300 g/mol. The number of carbonyl (C=O) groups excluding carboxylic acids is 1. The van der Waals surface area contributed by atoms with Crippen LogP contribution in [-0.4, -0.2) is 19.1 Å². The molecule has 1 aromatic rings. The van der Waals surface area contributed by atoms with E-state index in [9.17, 15) is 4.79 Å². The van der Waals surface area contributed by atoms with Gasteiger partial charge in [-0.1, -0.05) is 38.8 Å². The molecule has 0 aliphatic carbocycles. The van der Waals surface area contributed by atoms with Crippen LogP contribution in [-0.2, 0) is 4.79 Å². The Hall–Kier alpha value is -1.26. The number of carbonyl (C=O) groups is 1. The Labute approximate surface area is 140 Å². The number of amides is 1. The summed E-state index contributed by atoms with van der Waals surface area (Å²) in [6, 6.07) is 7.76. The molecule has 22 heavy (non-hydrogen) atoms. The number of halogens is 1. The van der Waals surface area contributed by atoms with Gasteiger partial charge in [-0.25, -0.2) is 0 Å². The van der Waals surface area contributed by atoms with Gasteiger partial charge in [0, 0.05) is 12.0 Å². The van der Waals surface area contributed by atoms with Crippen molar-refractivity contribution in [2.45, 2.75) is 52.1 Å². The third-order valence-corrected chi connectivity index (χ3v) is 3.88. The number of hydrogen-bond donors (Lipinski definition) is 2. The number of hydrogen-bond acceptors (Lipinski definition) is 3. The Morgan fingerprint density at radius 3 is 2.32 bits per heavy atom. The molecule has 0 aromatic heterocycles. The summed E-state index contributed by atoms with van der Waals surface area (Å²) >= 11 is 0. The van der Waals surface area contributed by atoms with Crippen molar-refractivity contribution in [1.29, 1.82) is 0 Å². The van der Waals surface area contributed by atoms with Crippen molar-refractivity contribution in [3.63, 3.8) is 0 Å². The molecule has 3 atom stereocenters. The lowest BCUT2D eigenvalue weighted by Gasteiger charge is -2.23. The molecule has 1 rings (SSSR count). The molecule has 1 amide bonds. The molecule has 0 heterocycles. The van der Waals surface area contributed by atoms with Crippen LogP contribution in [0.4, 0.5) is 0 Å². The van der Waals surface area contributed by atoms with Gasteiger partial charge in [-0.15, -0.1) is 12.4 Å². The molecule has 5 heteroatoms. The van der Waals surface area contributed by atoms with Crippen LogP contribution in [0.2, 0.25) is 0 Å². The first kappa shape index (κ1) is 20.7. The second-order valence-electron chi connectivity index (χ2n) is 5.62. The van der Waals surface area contributed by atoms with E-state index in [1.54, 1.807) is 7.11 Å². The van der Waals surface area contributed by atoms with Gasteiger partial charge in [0.05, 0.1) is 13.2 Å². The zero-order chi connectivity index (χ0) is 15.8. The number of nitrogens with two attached hydrogens (primary N) is 1. The number of nitrogens with one attached hydrogen (secondary N) is 1. The minimum absolute atomic E-state index is 0. The Morgan fingerprint density at radius 2 is 1.86 bits per heavy atom. The molecule has 3 N–H and O–H groups in total. The van der Waals surface area contributed by atoms with Crippen molar-refractivity contribution in [3.05, 3.63) is 29.8 Å². The number of methoxy groups -OCH3 is 1. The summed E-state index contributed by atoms with van der Waals surface area (Å²) in [7, 11) is 1.65. The maximum Gasteiger partial charge on any atom is 0.224 e. The minimum atomic E-state index is -0.188. The monoisotopic (exact) mass is 328 g/mol. The average molecular weight is 329 g/mol. The van der Waals surface area contributed by atoms with Crippen LogP contribution >= 0.6 is 12.4 Å². The topological polar surface area (TPSA) is 64.4 Å². The first-order chi connectivity index (χ1) is 9.99. The van der Waals surface area contributed by atoms with Crippen molar-refractivity contribution in [3.8, 4) is 5.75 Å². The smallest absolute Gasteiger partial charge is 0.224 e. The Morgan fingerprint density at radius 1 is 1.27 bits per heavy atom. The SMILES string of the molecule is CCCCC(NC(=O)C(C)C(C)N)c1ccc(OC)cc1.Cl. The van der Waals surface area contributed by atoms with E-state index in [1.807, 2.05) is 38.1 Å². The minimum Gasteiger partial charge on any atom is -0.497 e. The summed E-state index contributed by atoms with van der Waals surface area (Å²) in [5.41, 5.74) is 6.92. The zero-order valence-corrected chi connectivity index (χ0v) is 14.8. The highest BCUT2D eigenvalue weighted by atomic mass is 35.5. The number of benzene rings is 1. The highest BCUT2D eigenvalue weighted by Crippen LogP contribution is 2.22. The molecular formula is C17H29ClN2O2. The van der Waals surface area contributed by atoms with Crippen LogP contribution in [0.3, 0.4) is 0 Å². The number of rotatable bonds is 8. The van der Waals surface area contributed by atoms with Crippen LogP contribution in [0.25, 0.3) is 0 Å². The van der Waals surface area contributed by atoms with Gasteiger partial charge in [-0.3, -0.25) is 4.79 Å². The fourth-order valence-electron chi connectivity index (χ4n) is 2.11. The number of ether oxygens (including phenoxy) is 1. The van der Waals surface area contributed by atoms with E-state index >= 15 is 0 Å². The van der Waals surface area contributed by atoms with Gasteiger partial charge in [0.2, 0.25) is 5.91 Å². The van der Waals surface area contributed by atoms with E-state index < -0.39 is 0 Å². The Kier molecular flexibility index (Phi) is 9.86. The van der Waals surface area contributed by atoms with E-state index in [2.05, 4.69) is 12.2 Å². The molecule has 126 valence electrons. The van der Waals surface area contributed by atoms with Crippen LogP contribution < -0.4 is 15.8 Å². The van der Waals surface area contributed by atoms with Crippen LogP contribution in [0, 0.1) is 5.92 Å². The van der Waals surface area contributed by atoms with E-state index in [1.165, 1.54) is 0 Å². The fraction of sp³-hybridized carbons (Fsp3) is 0.588. The first-order valence-electron chi connectivity index (χ1n) is 7.69. The largest absolute Gasteiger partial charge is 0.497 e. The molecule has 4 nitrogen and oxygen atoms in total. The Balaban J connectivity index is 0.00000441. The van der Waals surface area contributed by atoms with E-state index in [4.69, 9.17) is 10.5 Å². The number of unbranched alkanes of at least 4 members (excludes halogenated alkanes) is 1. The van der Waals surface area contributed by atoms with Gasteiger partial charge in [0.25, 0.3) is 0 Å². The fourth-order valence-corrected chi connectivity index (χ4v) is 2.11. The third kappa shape index (κ3) is 6.24. The van der Waals surface area contributed by atoms with Crippen LogP contribution in [0.15, 0.2) is 24.3 Å². The molecule has 0 saturated carbocycles. The summed E-state index contributed by atoms with van der Waals surface area (Å²) < 4.78 is 5.18. The van der Waals surface area contributed by atoms with E-state index in [0.717, 1.165) is 30.6 Å². The van der Waals surface area contributed by atoms with Crippen molar-refractivity contribution in [1.82, 2.24) is 5.32 Å². The molecule has 0 fully saturated rings. The molecule has 0 saturated heterocycles. The molecule has 3 unspecified atom stereocenters. The average Bonchev–Trinajstić information content (AvgIpc) is 2.50. The lowest BCUT2D eigenvalue weighted by Crippen LogP contribution is -2.40. The molecule has 0 bridgehead atoms. The molecule has 0 aliphatic heterocycles. The predicted molar refractivity (Wildman–Crippen MR) is 93.5 cm³/mol. The standard InChI is InChI=1S/C17H28N2O2.ClH/c1-5-6-7-16(19-17(20)12(2)13(3)18)14-8-10-15(21-4)11-9-14;/h8-13,16H,5-7,18H2,1-4H3,(H,19,20);1H. The van der Waals surface area contributed by atoms with Gasteiger partial charge in [-0.05, 0) is 31.0 Å². The lowest BCUT2D eigenvalue weighted by molar-refractivity contribution is -0.125.